The van der Waals surface area contributed by atoms with Gasteiger partial charge in [0, 0.05) is 25.0 Å². The molecule has 0 bridgehead atoms. The van der Waals surface area contributed by atoms with Crippen molar-refractivity contribution in [2.45, 2.75) is 26.8 Å². The second kappa shape index (κ2) is 5.21. The minimum atomic E-state index is 0.121. The molecule has 2 rings (SSSR count). The summed E-state index contributed by atoms with van der Waals surface area (Å²) >= 11 is 3.49. The highest BCUT2D eigenvalue weighted by atomic mass is 79.9. The Hall–Kier alpha value is -0.840. The molecule has 1 amide bonds. The molecule has 0 N–H and O–H groups in total. The van der Waals surface area contributed by atoms with Gasteiger partial charge in [0.2, 0.25) is 0 Å². The molecular weight excluding hydrogens is 282 g/mol. The van der Waals surface area contributed by atoms with Gasteiger partial charge in [-0.05, 0) is 32.3 Å². The fourth-order valence-corrected chi connectivity index (χ4v) is 2.79. The van der Waals surface area contributed by atoms with Gasteiger partial charge >= 0.3 is 0 Å². The Kier molecular flexibility index (Phi) is 3.86. The highest BCUT2D eigenvalue weighted by Crippen LogP contribution is 2.20. The monoisotopic (exact) mass is 299 g/mol. The van der Waals surface area contributed by atoms with Crippen LogP contribution >= 0.6 is 15.9 Å². The third-order valence-corrected chi connectivity index (χ3v) is 4.13. The molecule has 0 aliphatic carbocycles. The first-order chi connectivity index (χ1) is 8.15. The second-order valence-electron chi connectivity index (χ2n) is 4.55. The number of carbonyl (C=O) groups excluding carboxylic acids is 1. The number of aromatic nitrogens is 2. The van der Waals surface area contributed by atoms with E-state index in [-0.39, 0.29) is 5.91 Å². The van der Waals surface area contributed by atoms with Gasteiger partial charge in [0.25, 0.3) is 5.91 Å². The van der Waals surface area contributed by atoms with Crippen LogP contribution in [0.25, 0.3) is 0 Å². The van der Waals surface area contributed by atoms with Crippen LogP contribution < -0.4 is 0 Å². The van der Waals surface area contributed by atoms with E-state index < -0.39 is 0 Å². The molecule has 4 nitrogen and oxygen atoms in total. The normalized spacial score (nSPS) is 19.9. The fourth-order valence-electron chi connectivity index (χ4n) is 2.26. The van der Waals surface area contributed by atoms with Crippen LogP contribution in [-0.2, 0) is 6.54 Å². The second-order valence-corrected chi connectivity index (χ2v) is 5.19. The minimum Gasteiger partial charge on any atom is -0.337 e. The van der Waals surface area contributed by atoms with Gasteiger partial charge in [-0.25, -0.2) is 0 Å². The average Bonchev–Trinajstić information content (AvgIpc) is 2.93. The van der Waals surface area contributed by atoms with Crippen LogP contribution in [0.15, 0.2) is 6.07 Å². The van der Waals surface area contributed by atoms with Crippen molar-refractivity contribution in [1.29, 1.82) is 0 Å². The largest absolute Gasteiger partial charge is 0.337 e. The summed E-state index contributed by atoms with van der Waals surface area (Å²) in [5.41, 5.74) is 1.63. The summed E-state index contributed by atoms with van der Waals surface area (Å²) in [6, 6.07) is 1.88. The Morgan fingerprint density at radius 1 is 1.65 bits per heavy atom. The number of carbonyl (C=O) groups is 1. The van der Waals surface area contributed by atoms with Gasteiger partial charge in [0.1, 0.15) is 5.69 Å². The van der Waals surface area contributed by atoms with Crippen molar-refractivity contribution in [3.05, 3.63) is 17.5 Å². The molecule has 0 spiro atoms. The average molecular weight is 300 g/mol. The van der Waals surface area contributed by atoms with Crippen molar-refractivity contribution in [1.82, 2.24) is 14.7 Å². The van der Waals surface area contributed by atoms with Crippen LogP contribution in [0, 0.1) is 12.8 Å². The van der Waals surface area contributed by atoms with Crippen LogP contribution in [0.5, 0.6) is 0 Å². The number of likely N-dealkylation sites (tertiary alicyclic amines) is 1. The molecule has 5 heteroatoms. The number of hydrogen-bond acceptors (Lipinski definition) is 2. The zero-order valence-corrected chi connectivity index (χ0v) is 11.9. The van der Waals surface area contributed by atoms with Crippen molar-refractivity contribution in [3.63, 3.8) is 0 Å². The van der Waals surface area contributed by atoms with Crippen molar-refractivity contribution < 1.29 is 4.79 Å². The molecule has 2 heterocycles. The van der Waals surface area contributed by atoms with E-state index in [0.29, 0.717) is 5.92 Å². The van der Waals surface area contributed by atoms with Crippen molar-refractivity contribution in [2.24, 2.45) is 5.92 Å². The molecule has 1 fully saturated rings. The maximum absolute atomic E-state index is 12.4. The standard InChI is InChI=1S/C12H18BrN3O/c1-3-16-11(6-9(2)14-16)12(17)15-5-4-10(7-13)8-15/h6,10H,3-5,7-8H2,1-2H3. The lowest BCUT2D eigenvalue weighted by molar-refractivity contribution is 0.0776. The molecule has 1 saturated heterocycles. The Balaban J connectivity index is 2.14. The van der Waals surface area contributed by atoms with Crippen LogP contribution in [0.2, 0.25) is 0 Å². The van der Waals surface area contributed by atoms with Crippen LogP contribution in [0.3, 0.4) is 0 Å². The smallest absolute Gasteiger partial charge is 0.272 e. The lowest BCUT2D eigenvalue weighted by Gasteiger charge is -2.16. The van der Waals surface area contributed by atoms with Gasteiger partial charge in [-0.1, -0.05) is 15.9 Å². The van der Waals surface area contributed by atoms with Gasteiger partial charge in [0.15, 0.2) is 0 Å². The summed E-state index contributed by atoms with van der Waals surface area (Å²) in [4.78, 5) is 14.3. The van der Waals surface area contributed by atoms with E-state index in [0.717, 1.165) is 42.8 Å². The molecular formula is C12H18BrN3O. The van der Waals surface area contributed by atoms with E-state index in [2.05, 4.69) is 21.0 Å². The quantitative estimate of drug-likeness (QED) is 0.802. The number of amides is 1. The van der Waals surface area contributed by atoms with Gasteiger partial charge in [-0.2, -0.15) is 5.10 Å². The van der Waals surface area contributed by atoms with E-state index >= 15 is 0 Å². The SMILES string of the molecule is CCn1nc(C)cc1C(=O)N1CCC(CBr)C1. The summed E-state index contributed by atoms with van der Waals surface area (Å²) in [6.07, 6.45) is 1.09. The number of halogens is 1. The number of aryl methyl sites for hydroxylation is 2. The predicted octanol–water partition coefficient (Wildman–Crippen LogP) is 2.07. The van der Waals surface area contributed by atoms with Gasteiger partial charge in [-0.15, -0.1) is 0 Å². The third-order valence-electron chi connectivity index (χ3n) is 3.21. The Morgan fingerprint density at radius 2 is 2.41 bits per heavy atom. The topological polar surface area (TPSA) is 38.1 Å². The number of nitrogens with zero attached hydrogens (tertiary/aromatic N) is 3. The molecule has 1 aliphatic heterocycles. The van der Waals surface area contributed by atoms with Crippen LogP contribution in [-0.4, -0.2) is 39.0 Å². The molecule has 94 valence electrons. The molecule has 0 saturated carbocycles. The molecule has 0 radical (unpaired) electrons. The lowest BCUT2D eigenvalue weighted by Crippen LogP contribution is -2.30. The van der Waals surface area contributed by atoms with E-state index in [1.54, 1.807) is 4.68 Å². The molecule has 1 aromatic heterocycles. The Labute approximate surface area is 110 Å². The predicted molar refractivity (Wildman–Crippen MR) is 70.4 cm³/mol. The summed E-state index contributed by atoms with van der Waals surface area (Å²) < 4.78 is 1.79. The Bertz CT molecular complexity index is 416. The number of alkyl halides is 1. The van der Waals surface area contributed by atoms with Gasteiger partial charge in [-0.3, -0.25) is 9.48 Å². The maximum atomic E-state index is 12.4. The first-order valence-electron chi connectivity index (χ1n) is 6.05. The number of hydrogen-bond donors (Lipinski definition) is 0. The maximum Gasteiger partial charge on any atom is 0.272 e. The first-order valence-corrected chi connectivity index (χ1v) is 7.17. The van der Waals surface area contributed by atoms with Crippen molar-refractivity contribution in [3.8, 4) is 0 Å². The molecule has 1 atom stereocenters. The molecule has 1 aromatic rings. The molecule has 0 aromatic carbocycles. The zero-order valence-electron chi connectivity index (χ0n) is 10.3. The minimum absolute atomic E-state index is 0.121. The summed E-state index contributed by atoms with van der Waals surface area (Å²) in [7, 11) is 0. The molecule has 1 aliphatic rings. The first kappa shape index (κ1) is 12.6. The van der Waals surface area contributed by atoms with E-state index in [1.807, 2.05) is 24.8 Å². The Morgan fingerprint density at radius 3 is 3.00 bits per heavy atom. The van der Waals surface area contributed by atoms with Crippen molar-refractivity contribution >= 4 is 21.8 Å². The summed E-state index contributed by atoms with van der Waals surface area (Å²) in [5.74, 6) is 0.717. The zero-order chi connectivity index (χ0) is 12.4. The molecule has 1 unspecified atom stereocenters. The fraction of sp³-hybridized carbons (Fsp3) is 0.667. The number of rotatable bonds is 3. The van der Waals surface area contributed by atoms with E-state index in [9.17, 15) is 4.79 Å². The van der Waals surface area contributed by atoms with Crippen LogP contribution in [0.1, 0.15) is 29.5 Å². The van der Waals surface area contributed by atoms with Gasteiger partial charge < -0.3 is 4.90 Å². The highest BCUT2D eigenvalue weighted by molar-refractivity contribution is 9.09. The lowest BCUT2D eigenvalue weighted by atomic mass is 10.2. The highest BCUT2D eigenvalue weighted by Gasteiger charge is 2.28. The summed E-state index contributed by atoms with van der Waals surface area (Å²) in [6.45, 7) is 6.40. The van der Waals surface area contributed by atoms with Crippen molar-refractivity contribution in [2.75, 3.05) is 18.4 Å². The van der Waals surface area contributed by atoms with Crippen LogP contribution in [0.4, 0.5) is 0 Å². The summed E-state index contributed by atoms with van der Waals surface area (Å²) in [5, 5.41) is 5.30. The molecule has 17 heavy (non-hydrogen) atoms. The van der Waals surface area contributed by atoms with E-state index in [1.165, 1.54) is 0 Å². The van der Waals surface area contributed by atoms with Gasteiger partial charge in [0.05, 0.1) is 5.69 Å². The van der Waals surface area contributed by atoms with E-state index in [4.69, 9.17) is 0 Å². The third kappa shape index (κ3) is 2.54.